The highest BCUT2D eigenvalue weighted by atomic mass is 16.8. The van der Waals surface area contributed by atoms with E-state index in [0.29, 0.717) is 0 Å². The standard InChI is InChI=1S/C9H12O4/c1-8(2)12-7-5(4-10)11-6-3-9(6,7)13-8/h4-7H,3H2,1-2H3/t5-,6+,7?,9?/m1/s1. The van der Waals surface area contributed by atoms with Gasteiger partial charge in [0, 0.05) is 6.42 Å². The van der Waals surface area contributed by atoms with Crippen molar-refractivity contribution >= 4 is 6.29 Å². The van der Waals surface area contributed by atoms with Gasteiger partial charge in [-0.1, -0.05) is 0 Å². The highest BCUT2D eigenvalue weighted by Crippen LogP contribution is 2.60. The smallest absolute Gasteiger partial charge is 0.164 e. The number of hydrogen-bond donors (Lipinski definition) is 0. The molecule has 0 aromatic heterocycles. The largest absolute Gasteiger partial charge is 0.361 e. The van der Waals surface area contributed by atoms with Crippen molar-refractivity contribution in [1.29, 1.82) is 0 Å². The summed E-state index contributed by atoms with van der Waals surface area (Å²) in [6.07, 6.45) is 1.13. The molecule has 0 amide bonds. The van der Waals surface area contributed by atoms with Gasteiger partial charge in [-0.25, -0.2) is 0 Å². The molecular formula is C9H12O4. The fourth-order valence-electron chi connectivity index (χ4n) is 2.46. The molecule has 4 atom stereocenters. The van der Waals surface area contributed by atoms with E-state index in [1.54, 1.807) is 0 Å². The molecule has 3 rings (SSSR count). The second-order valence-corrected chi connectivity index (χ2v) is 4.42. The average molecular weight is 184 g/mol. The lowest BCUT2D eigenvalue weighted by Crippen LogP contribution is -2.33. The first-order valence-electron chi connectivity index (χ1n) is 4.56. The first kappa shape index (κ1) is 7.91. The lowest BCUT2D eigenvalue weighted by molar-refractivity contribution is -0.175. The fraction of sp³-hybridized carbons (Fsp3) is 0.889. The number of rotatable bonds is 1. The fourth-order valence-corrected chi connectivity index (χ4v) is 2.46. The van der Waals surface area contributed by atoms with E-state index in [1.807, 2.05) is 13.8 Å². The summed E-state index contributed by atoms with van der Waals surface area (Å²) in [7, 11) is 0. The Kier molecular flexibility index (Phi) is 1.20. The van der Waals surface area contributed by atoms with E-state index in [0.717, 1.165) is 12.7 Å². The van der Waals surface area contributed by atoms with Gasteiger partial charge in [0.15, 0.2) is 12.1 Å². The summed E-state index contributed by atoms with van der Waals surface area (Å²) in [5, 5.41) is 0. The third-order valence-electron chi connectivity index (χ3n) is 2.97. The molecular weight excluding hydrogens is 172 g/mol. The lowest BCUT2D eigenvalue weighted by atomic mass is 10.1. The third kappa shape index (κ3) is 0.834. The molecule has 1 spiro atoms. The predicted molar refractivity (Wildman–Crippen MR) is 42.1 cm³/mol. The van der Waals surface area contributed by atoms with Crippen LogP contribution >= 0.6 is 0 Å². The van der Waals surface area contributed by atoms with Gasteiger partial charge in [0.1, 0.15) is 17.8 Å². The van der Waals surface area contributed by atoms with E-state index < -0.39 is 11.9 Å². The van der Waals surface area contributed by atoms with Crippen LogP contribution in [0, 0.1) is 0 Å². The molecule has 2 saturated heterocycles. The van der Waals surface area contributed by atoms with Crippen LogP contribution in [0.4, 0.5) is 0 Å². The van der Waals surface area contributed by atoms with Gasteiger partial charge in [-0.05, 0) is 13.8 Å². The Bertz CT molecular complexity index is 275. The predicted octanol–water partition coefficient (Wildman–Crippen LogP) is 0.247. The Labute approximate surface area is 76.1 Å². The topological polar surface area (TPSA) is 44.8 Å². The van der Waals surface area contributed by atoms with Crippen LogP contribution in [0.2, 0.25) is 0 Å². The minimum absolute atomic E-state index is 0.0782. The van der Waals surface area contributed by atoms with Crippen molar-refractivity contribution in [3.05, 3.63) is 0 Å². The van der Waals surface area contributed by atoms with Gasteiger partial charge >= 0.3 is 0 Å². The molecule has 1 aliphatic carbocycles. The SMILES string of the molecule is CC1(C)OC2[C@@H](C=O)O[C@H]3CC23O1. The molecule has 2 aliphatic heterocycles. The van der Waals surface area contributed by atoms with E-state index in [4.69, 9.17) is 14.2 Å². The molecule has 0 radical (unpaired) electrons. The van der Waals surface area contributed by atoms with Crippen LogP contribution in [0.1, 0.15) is 20.3 Å². The molecule has 2 unspecified atom stereocenters. The minimum Gasteiger partial charge on any atom is -0.361 e. The van der Waals surface area contributed by atoms with Crippen LogP contribution in [-0.4, -0.2) is 36.0 Å². The minimum atomic E-state index is -0.565. The first-order valence-corrected chi connectivity index (χ1v) is 4.56. The Morgan fingerprint density at radius 2 is 2.23 bits per heavy atom. The zero-order valence-corrected chi connectivity index (χ0v) is 7.65. The summed E-state index contributed by atoms with van der Waals surface area (Å²) in [5.41, 5.74) is -0.297. The maximum Gasteiger partial charge on any atom is 0.164 e. The molecule has 4 heteroatoms. The van der Waals surface area contributed by atoms with E-state index in [9.17, 15) is 4.79 Å². The summed E-state index contributed by atoms with van der Waals surface area (Å²) in [6, 6.07) is 0. The van der Waals surface area contributed by atoms with Gasteiger partial charge in [-0.3, -0.25) is 0 Å². The maximum absolute atomic E-state index is 10.7. The molecule has 13 heavy (non-hydrogen) atoms. The summed E-state index contributed by atoms with van der Waals surface area (Å²) in [4.78, 5) is 10.7. The molecule has 1 saturated carbocycles. The van der Waals surface area contributed by atoms with E-state index in [-0.39, 0.29) is 17.8 Å². The van der Waals surface area contributed by atoms with Crippen molar-refractivity contribution in [2.75, 3.05) is 0 Å². The molecule has 4 nitrogen and oxygen atoms in total. The zero-order valence-electron chi connectivity index (χ0n) is 7.65. The van der Waals surface area contributed by atoms with Crippen LogP contribution in [0.3, 0.4) is 0 Å². The van der Waals surface area contributed by atoms with E-state index >= 15 is 0 Å². The van der Waals surface area contributed by atoms with Gasteiger partial charge in [-0.15, -0.1) is 0 Å². The molecule has 0 aromatic carbocycles. The molecule has 2 heterocycles. The van der Waals surface area contributed by atoms with Crippen LogP contribution in [0.25, 0.3) is 0 Å². The monoisotopic (exact) mass is 184 g/mol. The van der Waals surface area contributed by atoms with Crippen molar-refractivity contribution in [2.45, 2.75) is 50.0 Å². The van der Waals surface area contributed by atoms with Crippen molar-refractivity contribution in [1.82, 2.24) is 0 Å². The van der Waals surface area contributed by atoms with Gasteiger partial charge in [-0.2, -0.15) is 0 Å². The zero-order chi connectivity index (χ0) is 9.27. The van der Waals surface area contributed by atoms with E-state index in [1.165, 1.54) is 0 Å². The van der Waals surface area contributed by atoms with Crippen LogP contribution in [0.15, 0.2) is 0 Å². The lowest BCUT2D eigenvalue weighted by Gasteiger charge is -2.19. The first-order chi connectivity index (χ1) is 6.07. The Balaban J connectivity index is 1.92. The van der Waals surface area contributed by atoms with Crippen molar-refractivity contribution < 1.29 is 19.0 Å². The summed E-state index contributed by atoms with van der Waals surface area (Å²) >= 11 is 0. The highest BCUT2D eigenvalue weighted by Gasteiger charge is 2.76. The molecule has 0 bridgehead atoms. The van der Waals surface area contributed by atoms with Gasteiger partial charge in [0.25, 0.3) is 0 Å². The summed E-state index contributed by atoms with van der Waals surface area (Å²) in [6.45, 7) is 3.74. The Hall–Kier alpha value is -0.450. The van der Waals surface area contributed by atoms with E-state index in [2.05, 4.69) is 0 Å². The van der Waals surface area contributed by atoms with Crippen molar-refractivity contribution in [2.24, 2.45) is 0 Å². The normalized spacial score (nSPS) is 55.7. The number of carbonyl (C=O) groups excluding carboxylic acids is 1. The summed E-state index contributed by atoms with van der Waals surface area (Å²) in [5.74, 6) is -0.565. The number of aldehydes is 1. The molecule has 3 aliphatic rings. The van der Waals surface area contributed by atoms with Crippen LogP contribution < -0.4 is 0 Å². The third-order valence-corrected chi connectivity index (χ3v) is 2.97. The molecule has 3 fully saturated rings. The van der Waals surface area contributed by atoms with Crippen molar-refractivity contribution in [3.8, 4) is 0 Å². The van der Waals surface area contributed by atoms with Gasteiger partial charge in [0.05, 0.1) is 6.10 Å². The maximum atomic E-state index is 10.7. The second-order valence-electron chi connectivity index (χ2n) is 4.42. The number of carbonyl (C=O) groups is 1. The van der Waals surface area contributed by atoms with Crippen LogP contribution in [0.5, 0.6) is 0 Å². The quantitative estimate of drug-likeness (QED) is 0.548. The molecule has 0 aromatic rings. The summed E-state index contributed by atoms with van der Waals surface area (Å²) < 4.78 is 16.8. The highest BCUT2D eigenvalue weighted by molar-refractivity contribution is 5.60. The number of ether oxygens (including phenoxy) is 3. The Morgan fingerprint density at radius 1 is 1.46 bits per heavy atom. The average Bonchev–Trinajstić information content (AvgIpc) is 2.50. The molecule has 0 N–H and O–H groups in total. The molecule has 72 valence electrons. The van der Waals surface area contributed by atoms with Gasteiger partial charge < -0.3 is 19.0 Å². The second kappa shape index (κ2) is 1.97. The Morgan fingerprint density at radius 3 is 2.92 bits per heavy atom. The van der Waals surface area contributed by atoms with Crippen molar-refractivity contribution in [3.63, 3.8) is 0 Å². The van der Waals surface area contributed by atoms with Gasteiger partial charge in [0.2, 0.25) is 0 Å². The number of hydrogen-bond acceptors (Lipinski definition) is 4. The van der Waals surface area contributed by atoms with Crippen LogP contribution in [-0.2, 0) is 19.0 Å².